The molecule has 0 heterocycles. The zero-order valence-corrected chi connectivity index (χ0v) is 20.3. The maximum absolute atomic E-state index is 5.96. The zero-order chi connectivity index (χ0) is 23.3. The van der Waals surface area contributed by atoms with E-state index in [9.17, 15) is 0 Å². The van der Waals surface area contributed by atoms with Gasteiger partial charge in [0.1, 0.15) is 12.4 Å². The van der Waals surface area contributed by atoms with Crippen LogP contribution in [0.3, 0.4) is 0 Å². The molecule has 7 heteroatoms. The Kier molecular flexibility index (Phi) is 10.7. The van der Waals surface area contributed by atoms with E-state index in [-0.39, 0.29) is 6.04 Å². The molecule has 0 aliphatic rings. The van der Waals surface area contributed by atoms with Crippen molar-refractivity contribution in [3.8, 4) is 17.2 Å². The maximum atomic E-state index is 5.96. The number of hydrogen-bond acceptors (Lipinski definition) is 5. The van der Waals surface area contributed by atoms with Crippen molar-refractivity contribution in [2.45, 2.75) is 33.4 Å². The normalized spacial score (nSPS) is 12.4. The summed E-state index contributed by atoms with van der Waals surface area (Å²) in [5.41, 5.74) is 2.17. The maximum Gasteiger partial charge on any atom is 0.191 e. The molecule has 0 saturated heterocycles. The molecular weight excluding hydrogens is 404 g/mol. The molecule has 0 spiro atoms. The van der Waals surface area contributed by atoms with Crippen LogP contribution in [0.2, 0.25) is 0 Å². The number of hydrogen-bond donors (Lipinski definition) is 2. The fourth-order valence-corrected chi connectivity index (χ4v) is 3.13. The molecule has 0 radical (unpaired) electrons. The van der Waals surface area contributed by atoms with Gasteiger partial charge in [0.2, 0.25) is 0 Å². The Morgan fingerprint density at radius 2 is 1.69 bits per heavy atom. The van der Waals surface area contributed by atoms with Crippen LogP contribution in [-0.4, -0.2) is 58.4 Å². The molecular formula is C25H38N4O3. The summed E-state index contributed by atoms with van der Waals surface area (Å²) in [4.78, 5) is 6.48. The number of nitrogens with zero attached hydrogens (tertiary/aromatic N) is 2. The minimum absolute atomic E-state index is 0.0302. The van der Waals surface area contributed by atoms with Gasteiger partial charge in [-0.3, -0.25) is 4.99 Å². The fourth-order valence-electron chi connectivity index (χ4n) is 3.13. The van der Waals surface area contributed by atoms with E-state index >= 15 is 0 Å². The van der Waals surface area contributed by atoms with Crippen LogP contribution in [0.15, 0.2) is 47.5 Å². The van der Waals surface area contributed by atoms with Crippen molar-refractivity contribution in [3.05, 3.63) is 53.6 Å². The van der Waals surface area contributed by atoms with Crippen molar-refractivity contribution in [1.29, 1.82) is 0 Å². The second kappa shape index (κ2) is 13.5. The molecule has 1 unspecified atom stereocenters. The van der Waals surface area contributed by atoms with Crippen molar-refractivity contribution in [2.75, 3.05) is 47.5 Å². The van der Waals surface area contributed by atoms with Crippen LogP contribution in [0, 0.1) is 0 Å². The SMILES string of the molecule is CCOc1ccc(C(C)NC(=NC)NCc2ccccc2OCCN(C)C)cc1OCC. The summed E-state index contributed by atoms with van der Waals surface area (Å²) >= 11 is 0. The summed E-state index contributed by atoms with van der Waals surface area (Å²) in [6.07, 6.45) is 0. The molecule has 176 valence electrons. The van der Waals surface area contributed by atoms with Gasteiger partial charge in [0, 0.05) is 25.7 Å². The molecule has 32 heavy (non-hydrogen) atoms. The first-order chi connectivity index (χ1) is 15.5. The monoisotopic (exact) mass is 442 g/mol. The second-order valence-corrected chi connectivity index (χ2v) is 7.62. The Balaban J connectivity index is 2.00. The number of para-hydroxylation sites is 1. The highest BCUT2D eigenvalue weighted by atomic mass is 16.5. The standard InChI is InChI=1S/C25H38N4O3/c1-7-30-23-14-13-20(17-24(23)31-8-2)19(3)28-25(26-4)27-18-21-11-9-10-12-22(21)32-16-15-29(5)6/h9-14,17,19H,7-8,15-16,18H2,1-6H3,(H2,26,27,28). The summed E-state index contributed by atoms with van der Waals surface area (Å²) in [6.45, 7) is 9.35. The topological polar surface area (TPSA) is 67.3 Å². The van der Waals surface area contributed by atoms with Gasteiger partial charge in [-0.15, -0.1) is 0 Å². The lowest BCUT2D eigenvalue weighted by Gasteiger charge is -2.20. The highest BCUT2D eigenvalue weighted by Gasteiger charge is 2.13. The smallest absolute Gasteiger partial charge is 0.191 e. The molecule has 0 aromatic heterocycles. The summed E-state index contributed by atoms with van der Waals surface area (Å²) < 4.78 is 17.4. The van der Waals surface area contributed by atoms with E-state index in [1.54, 1.807) is 7.05 Å². The number of nitrogens with one attached hydrogen (secondary N) is 2. The predicted octanol–water partition coefficient (Wildman–Crippen LogP) is 3.85. The van der Waals surface area contributed by atoms with Gasteiger partial charge in [0.15, 0.2) is 17.5 Å². The Hall–Kier alpha value is -2.93. The minimum Gasteiger partial charge on any atom is -0.492 e. The number of benzene rings is 2. The Morgan fingerprint density at radius 3 is 2.38 bits per heavy atom. The average molecular weight is 443 g/mol. The molecule has 0 saturated carbocycles. The fraction of sp³-hybridized carbons (Fsp3) is 0.480. The summed E-state index contributed by atoms with van der Waals surface area (Å²) in [5.74, 6) is 3.12. The lowest BCUT2D eigenvalue weighted by atomic mass is 10.1. The number of aliphatic imine (C=N–C) groups is 1. The molecule has 0 aliphatic carbocycles. The van der Waals surface area contributed by atoms with Crippen LogP contribution in [0.25, 0.3) is 0 Å². The third-order valence-corrected chi connectivity index (χ3v) is 4.86. The zero-order valence-electron chi connectivity index (χ0n) is 20.3. The van der Waals surface area contributed by atoms with Gasteiger partial charge in [-0.1, -0.05) is 24.3 Å². The molecule has 1 atom stereocenters. The average Bonchev–Trinajstić information content (AvgIpc) is 2.78. The van der Waals surface area contributed by atoms with E-state index in [2.05, 4.69) is 33.5 Å². The van der Waals surface area contributed by atoms with Gasteiger partial charge in [-0.05, 0) is 58.6 Å². The van der Waals surface area contributed by atoms with Crippen molar-refractivity contribution in [3.63, 3.8) is 0 Å². The van der Waals surface area contributed by atoms with Crippen molar-refractivity contribution >= 4 is 5.96 Å². The highest BCUT2D eigenvalue weighted by molar-refractivity contribution is 5.80. The van der Waals surface area contributed by atoms with Gasteiger partial charge < -0.3 is 29.7 Å². The van der Waals surface area contributed by atoms with Crippen LogP contribution in [0.4, 0.5) is 0 Å². The van der Waals surface area contributed by atoms with Crippen molar-refractivity contribution in [2.24, 2.45) is 4.99 Å². The third-order valence-electron chi connectivity index (χ3n) is 4.86. The molecule has 0 fully saturated rings. The first-order valence-electron chi connectivity index (χ1n) is 11.2. The summed E-state index contributed by atoms with van der Waals surface area (Å²) in [6, 6.07) is 14.1. The van der Waals surface area contributed by atoms with E-state index in [0.29, 0.717) is 32.3 Å². The Bertz CT molecular complexity index is 855. The van der Waals surface area contributed by atoms with Gasteiger partial charge >= 0.3 is 0 Å². The van der Waals surface area contributed by atoms with Gasteiger partial charge in [-0.2, -0.15) is 0 Å². The molecule has 2 rings (SSSR count). The van der Waals surface area contributed by atoms with Crippen LogP contribution in [0.5, 0.6) is 17.2 Å². The van der Waals surface area contributed by atoms with E-state index in [4.69, 9.17) is 14.2 Å². The van der Waals surface area contributed by atoms with Crippen molar-refractivity contribution < 1.29 is 14.2 Å². The third kappa shape index (κ3) is 7.96. The highest BCUT2D eigenvalue weighted by Crippen LogP contribution is 2.30. The predicted molar refractivity (Wildman–Crippen MR) is 131 cm³/mol. The molecule has 0 bridgehead atoms. The molecule has 7 nitrogen and oxygen atoms in total. The first kappa shape index (κ1) is 25.3. The van der Waals surface area contributed by atoms with E-state index in [1.165, 1.54) is 0 Å². The summed E-state index contributed by atoms with van der Waals surface area (Å²) in [5, 5.41) is 6.84. The Morgan fingerprint density at radius 1 is 0.969 bits per heavy atom. The second-order valence-electron chi connectivity index (χ2n) is 7.62. The minimum atomic E-state index is 0.0302. The van der Waals surface area contributed by atoms with Gasteiger partial charge in [-0.25, -0.2) is 0 Å². The van der Waals surface area contributed by atoms with E-state index in [1.807, 2.05) is 64.3 Å². The molecule has 2 N–H and O–H groups in total. The number of guanidine groups is 1. The molecule has 2 aromatic carbocycles. The molecule has 0 amide bonds. The lowest BCUT2D eigenvalue weighted by molar-refractivity contribution is 0.259. The van der Waals surface area contributed by atoms with E-state index < -0.39 is 0 Å². The lowest BCUT2D eigenvalue weighted by Crippen LogP contribution is -2.38. The first-order valence-corrected chi connectivity index (χ1v) is 11.2. The molecule has 0 aliphatic heterocycles. The van der Waals surface area contributed by atoms with Crippen LogP contribution >= 0.6 is 0 Å². The van der Waals surface area contributed by atoms with Gasteiger partial charge in [0.25, 0.3) is 0 Å². The van der Waals surface area contributed by atoms with Crippen LogP contribution in [-0.2, 0) is 6.54 Å². The number of ether oxygens (including phenoxy) is 3. The number of likely N-dealkylation sites (N-methyl/N-ethyl adjacent to an activating group) is 1. The van der Waals surface area contributed by atoms with Crippen LogP contribution in [0.1, 0.15) is 37.9 Å². The van der Waals surface area contributed by atoms with Crippen LogP contribution < -0.4 is 24.8 Å². The molecule has 2 aromatic rings. The number of rotatable bonds is 12. The van der Waals surface area contributed by atoms with Gasteiger partial charge in [0.05, 0.1) is 19.3 Å². The van der Waals surface area contributed by atoms with E-state index in [0.717, 1.165) is 34.9 Å². The summed E-state index contributed by atoms with van der Waals surface area (Å²) in [7, 11) is 5.84. The van der Waals surface area contributed by atoms with Crippen molar-refractivity contribution in [1.82, 2.24) is 15.5 Å². The quantitative estimate of drug-likeness (QED) is 0.384. The Labute approximate surface area is 192 Å². The largest absolute Gasteiger partial charge is 0.492 e.